The van der Waals surface area contributed by atoms with Gasteiger partial charge in [0.1, 0.15) is 0 Å². The van der Waals surface area contributed by atoms with E-state index in [0.29, 0.717) is 12.6 Å². The molecular weight excluding hydrogens is 260 g/mol. The fourth-order valence-electron chi connectivity index (χ4n) is 2.25. The topological polar surface area (TPSA) is 44.7 Å². The zero-order valence-electron chi connectivity index (χ0n) is 11.8. The molecule has 2 unspecified atom stereocenters. The molecule has 1 aromatic heterocycles. The standard InChI is InChI=1S/C14H24N2O2S/c1-11-3-4-14(19-11)12(2)15-9-13(17)10-16-5-7-18-8-6-16/h3-4,12-13,15,17H,5-10H2,1-2H3. The van der Waals surface area contributed by atoms with Crippen molar-refractivity contribution in [3.63, 3.8) is 0 Å². The number of rotatable bonds is 6. The highest BCUT2D eigenvalue weighted by atomic mass is 32.1. The molecule has 1 aliphatic rings. The van der Waals surface area contributed by atoms with E-state index < -0.39 is 0 Å². The Kier molecular flexibility index (Phi) is 5.78. The van der Waals surface area contributed by atoms with Crippen molar-refractivity contribution in [2.24, 2.45) is 0 Å². The van der Waals surface area contributed by atoms with Crippen molar-refractivity contribution in [2.45, 2.75) is 26.0 Å². The van der Waals surface area contributed by atoms with Crippen LogP contribution in [0.2, 0.25) is 0 Å². The van der Waals surface area contributed by atoms with Crippen LogP contribution in [-0.2, 0) is 4.74 Å². The highest BCUT2D eigenvalue weighted by Crippen LogP contribution is 2.22. The molecular formula is C14H24N2O2S. The van der Waals surface area contributed by atoms with Gasteiger partial charge in [-0.2, -0.15) is 0 Å². The van der Waals surface area contributed by atoms with Crippen LogP contribution in [0.5, 0.6) is 0 Å². The van der Waals surface area contributed by atoms with Gasteiger partial charge in [-0.25, -0.2) is 0 Å². The summed E-state index contributed by atoms with van der Waals surface area (Å²) in [7, 11) is 0. The van der Waals surface area contributed by atoms with Crippen molar-refractivity contribution in [3.05, 3.63) is 21.9 Å². The first-order valence-electron chi connectivity index (χ1n) is 6.93. The number of aliphatic hydroxyl groups is 1. The van der Waals surface area contributed by atoms with E-state index in [9.17, 15) is 5.11 Å². The number of aliphatic hydroxyl groups excluding tert-OH is 1. The minimum atomic E-state index is -0.318. The molecule has 108 valence electrons. The number of thiophene rings is 1. The molecule has 2 N–H and O–H groups in total. The average molecular weight is 284 g/mol. The Morgan fingerprint density at radius 1 is 1.42 bits per heavy atom. The third kappa shape index (κ3) is 4.85. The lowest BCUT2D eigenvalue weighted by molar-refractivity contribution is 0.0145. The molecule has 4 nitrogen and oxygen atoms in total. The smallest absolute Gasteiger partial charge is 0.0791 e. The van der Waals surface area contributed by atoms with Crippen LogP contribution in [0.4, 0.5) is 0 Å². The molecule has 1 saturated heterocycles. The number of β-amino-alcohol motifs (C(OH)–C–C–N with tert-alkyl or cyclic N) is 1. The SMILES string of the molecule is Cc1ccc(C(C)NCC(O)CN2CCOCC2)s1. The number of nitrogens with zero attached hydrogens (tertiary/aromatic N) is 1. The van der Waals surface area contributed by atoms with Crippen LogP contribution in [-0.4, -0.2) is 55.5 Å². The predicted octanol–water partition coefficient (Wildman–Crippen LogP) is 1.40. The van der Waals surface area contributed by atoms with Crippen LogP contribution >= 0.6 is 11.3 Å². The van der Waals surface area contributed by atoms with E-state index in [4.69, 9.17) is 4.74 Å². The second-order valence-electron chi connectivity index (χ2n) is 5.15. The summed E-state index contributed by atoms with van der Waals surface area (Å²) in [6.07, 6.45) is -0.318. The Labute approximate surface area is 119 Å². The van der Waals surface area contributed by atoms with Gasteiger partial charge in [-0.1, -0.05) is 0 Å². The van der Waals surface area contributed by atoms with Gasteiger partial charge in [-0.15, -0.1) is 11.3 Å². The van der Waals surface area contributed by atoms with E-state index in [0.717, 1.165) is 32.8 Å². The van der Waals surface area contributed by atoms with E-state index >= 15 is 0 Å². The van der Waals surface area contributed by atoms with Crippen LogP contribution < -0.4 is 5.32 Å². The lowest BCUT2D eigenvalue weighted by Gasteiger charge is -2.29. The lowest BCUT2D eigenvalue weighted by atomic mass is 10.2. The maximum absolute atomic E-state index is 10.1. The van der Waals surface area contributed by atoms with Crippen LogP contribution in [0.1, 0.15) is 22.7 Å². The molecule has 2 atom stereocenters. The Morgan fingerprint density at radius 2 is 2.16 bits per heavy atom. The number of morpholine rings is 1. The van der Waals surface area contributed by atoms with Crippen molar-refractivity contribution in [3.8, 4) is 0 Å². The molecule has 1 aliphatic heterocycles. The van der Waals surface area contributed by atoms with E-state index in [2.05, 4.69) is 36.2 Å². The van der Waals surface area contributed by atoms with Crippen molar-refractivity contribution in [1.82, 2.24) is 10.2 Å². The first-order chi connectivity index (χ1) is 9.15. The second-order valence-corrected chi connectivity index (χ2v) is 6.46. The predicted molar refractivity (Wildman–Crippen MR) is 78.7 cm³/mol. The molecule has 0 bridgehead atoms. The monoisotopic (exact) mass is 284 g/mol. The summed E-state index contributed by atoms with van der Waals surface area (Å²) < 4.78 is 5.30. The van der Waals surface area contributed by atoms with Gasteiger partial charge in [0.15, 0.2) is 0 Å². The van der Waals surface area contributed by atoms with Gasteiger partial charge in [0.25, 0.3) is 0 Å². The van der Waals surface area contributed by atoms with E-state index in [1.165, 1.54) is 9.75 Å². The van der Waals surface area contributed by atoms with Crippen molar-refractivity contribution in [2.75, 3.05) is 39.4 Å². The summed E-state index contributed by atoms with van der Waals surface area (Å²) in [4.78, 5) is 4.92. The molecule has 5 heteroatoms. The highest BCUT2D eigenvalue weighted by molar-refractivity contribution is 7.12. The average Bonchev–Trinajstić information content (AvgIpc) is 2.84. The zero-order valence-corrected chi connectivity index (χ0v) is 12.6. The van der Waals surface area contributed by atoms with E-state index in [1.807, 2.05) is 11.3 Å². The maximum Gasteiger partial charge on any atom is 0.0791 e. The van der Waals surface area contributed by atoms with E-state index in [1.54, 1.807) is 0 Å². The zero-order chi connectivity index (χ0) is 13.7. The third-order valence-electron chi connectivity index (χ3n) is 3.42. The third-order valence-corrected chi connectivity index (χ3v) is 4.60. The van der Waals surface area contributed by atoms with Crippen molar-refractivity contribution >= 4 is 11.3 Å². The minimum Gasteiger partial charge on any atom is -0.390 e. The molecule has 0 aromatic carbocycles. The molecule has 0 spiro atoms. The fraction of sp³-hybridized carbons (Fsp3) is 0.714. The molecule has 1 aromatic rings. The Balaban J connectivity index is 1.69. The van der Waals surface area contributed by atoms with Crippen LogP contribution in [0, 0.1) is 6.92 Å². The number of hydrogen-bond donors (Lipinski definition) is 2. The summed E-state index contributed by atoms with van der Waals surface area (Å²) in [5.74, 6) is 0. The quantitative estimate of drug-likeness (QED) is 0.829. The Bertz CT molecular complexity index is 377. The van der Waals surface area contributed by atoms with Gasteiger partial charge in [-0.3, -0.25) is 4.90 Å². The van der Waals surface area contributed by atoms with Gasteiger partial charge >= 0.3 is 0 Å². The summed E-state index contributed by atoms with van der Waals surface area (Å²) in [6, 6.07) is 4.60. The number of aryl methyl sites for hydroxylation is 1. The summed E-state index contributed by atoms with van der Waals surface area (Å²) in [5.41, 5.74) is 0. The molecule has 2 rings (SSSR count). The molecule has 1 fully saturated rings. The summed E-state index contributed by atoms with van der Waals surface area (Å²) in [6.45, 7) is 9.05. The maximum atomic E-state index is 10.1. The van der Waals surface area contributed by atoms with Gasteiger partial charge < -0.3 is 15.2 Å². The molecule has 0 amide bonds. The van der Waals surface area contributed by atoms with Crippen LogP contribution in [0.15, 0.2) is 12.1 Å². The van der Waals surface area contributed by atoms with Gasteiger partial charge in [0.2, 0.25) is 0 Å². The second kappa shape index (κ2) is 7.36. The number of ether oxygens (including phenoxy) is 1. The van der Waals surface area contributed by atoms with Crippen molar-refractivity contribution < 1.29 is 9.84 Å². The molecule has 0 saturated carbocycles. The first-order valence-corrected chi connectivity index (χ1v) is 7.74. The van der Waals surface area contributed by atoms with Crippen LogP contribution in [0.25, 0.3) is 0 Å². The van der Waals surface area contributed by atoms with Crippen molar-refractivity contribution in [1.29, 1.82) is 0 Å². The molecule has 19 heavy (non-hydrogen) atoms. The first kappa shape index (κ1) is 14.9. The van der Waals surface area contributed by atoms with E-state index in [-0.39, 0.29) is 6.10 Å². The highest BCUT2D eigenvalue weighted by Gasteiger charge is 2.16. The van der Waals surface area contributed by atoms with Gasteiger partial charge in [0.05, 0.1) is 19.3 Å². The minimum absolute atomic E-state index is 0.304. The normalized spacial score (nSPS) is 20.4. The molecule has 2 heterocycles. The Hall–Kier alpha value is -0.460. The summed E-state index contributed by atoms with van der Waals surface area (Å²) >= 11 is 1.81. The fourth-order valence-corrected chi connectivity index (χ4v) is 3.15. The van der Waals surface area contributed by atoms with Crippen LogP contribution in [0.3, 0.4) is 0 Å². The van der Waals surface area contributed by atoms with Gasteiger partial charge in [0, 0.05) is 42.0 Å². The number of hydrogen-bond acceptors (Lipinski definition) is 5. The number of nitrogens with one attached hydrogen (secondary N) is 1. The Morgan fingerprint density at radius 3 is 2.79 bits per heavy atom. The molecule has 0 radical (unpaired) electrons. The molecule has 0 aliphatic carbocycles. The largest absolute Gasteiger partial charge is 0.390 e. The lowest BCUT2D eigenvalue weighted by Crippen LogP contribution is -2.44. The van der Waals surface area contributed by atoms with Gasteiger partial charge in [-0.05, 0) is 26.0 Å². The summed E-state index contributed by atoms with van der Waals surface area (Å²) in [5, 5.41) is 13.5.